The molecular formula is C27H26N6O3. The molecule has 1 aliphatic rings. The second-order valence-electron chi connectivity index (χ2n) is 8.51. The molecule has 0 spiro atoms. The van der Waals surface area contributed by atoms with E-state index < -0.39 is 6.04 Å². The van der Waals surface area contributed by atoms with Crippen LogP contribution in [0.5, 0.6) is 11.5 Å². The van der Waals surface area contributed by atoms with Gasteiger partial charge >= 0.3 is 0 Å². The maximum atomic E-state index is 13.5. The van der Waals surface area contributed by atoms with Crippen LogP contribution in [0.3, 0.4) is 0 Å². The first-order valence-corrected chi connectivity index (χ1v) is 11.5. The first-order valence-electron chi connectivity index (χ1n) is 11.5. The number of allylic oxidation sites excluding steroid dienone is 1. The summed E-state index contributed by atoms with van der Waals surface area (Å²) in [4.78, 5) is 13.5. The Morgan fingerprint density at radius 2 is 1.78 bits per heavy atom. The molecule has 0 saturated heterocycles. The van der Waals surface area contributed by atoms with Gasteiger partial charge in [0.25, 0.3) is 5.91 Å². The van der Waals surface area contributed by atoms with E-state index in [2.05, 4.69) is 57.3 Å². The van der Waals surface area contributed by atoms with Gasteiger partial charge in [0.05, 0.1) is 18.4 Å². The summed E-state index contributed by atoms with van der Waals surface area (Å²) in [5.41, 5.74) is 4.88. The smallest absolute Gasteiger partial charge is 0.255 e. The van der Waals surface area contributed by atoms with Gasteiger partial charge in [-0.25, -0.2) is 0 Å². The Morgan fingerprint density at radius 1 is 1.03 bits per heavy atom. The van der Waals surface area contributed by atoms with E-state index in [0.29, 0.717) is 35.3 Å². The fraction of sp³-hybridized carbons (Fsp3) is 0.185. The zero-order valence-corrected chi connectivity index (χ0v) is 20.2. The second-order valence-corrected chi connectivity index (χ2v) is 8.51. The summed E-state index contributed by atoms with van der Waals surface area (Å²) >= 11 is 0. The van der Waals surface area contributed by atoms with Crippen LogP contribution < -0.4 is 20.1 Å². The lowest BCUT2D eigenvalue weighted by Gasteiger charge is -2.28. The van der Waals surface area contributed by atoms with Crippen molar-refractivity contribution in [3.8, 4) is 11.5 Å². The molecule has 1 aromatic heterocycles. The van der Waals surface area contributed by atoms with Crippen LogP contribution in [0.15, 0.2) is 84.1 Å². The van der Waals surface area contributed by atoms with E-state index in [-0.39, 0.29) is 5.91 Å². The number of carbonyl (C=O) groups is 1. The number of nitrogens with zero attached hydrogens (tertiary/aromatic N) is 4. The van der Waals surface area contributed by atoms with Crippen molar-refractivity contribution in [3.63, 3.8) is 0 Å². The lowest BCUT2D eigenvalue weighted by atomic mass is 9.95. The molecule has 182 valence electrons. The quantitative estimate of drug-likeness (QED) is 0.400. The monoisotopic (exact) mass is 482 g/mol. The van der Waals surface area contributed by atoms with Crippen molar-refractivity contribution in [2.45, 2.75) is 26.5 Å². The molecule has 9 heteroatoms. The molecule has 4 aromatic rings. The number of amides is 1. The molecule has 2 N–H and O–H groups in total. The summed E-state index contributed by atoms with van der Waals surface area (Å²) < 4.78 is 13.0. The largest absolute Gasteiger partial charge is 0.495 e. The number of anilines is 2. The van der Waals surface area contributed by atoms with Crippen LogP contribution in [0.1, 0.15) is 29.7 Å². The lowest BCUT2D eigenvalue weighted by Crippen LogP contribution is -2.31. The van der Waals surface area contributed by atoms with Crippen molar-refractivity contribution >= 4 is 17.5 Å². The van der Waals surface area contributed by atoms with E-state index in [1.165, 1.54) is 5.56 Å². The van der Waals surface area contributed by atoms with Gasteiger partial charge in [-0.05, 0) is 59.7 Å². The fourth-order valence-electron chi connectivity index (χ4n) is 4.15. The number of benzene rings is 3. The van der Waals surface area contributed by atoms with E-state index in [1.54, 1.807) is 23.9 Å². The molecular weight excluding hydrogens is 456 g/mol. The molecule has 1 atom stereocenters. The molecule has 0 fully saturated rings. The van der Waals surface area contributed by atoms with Gasteiger partial charge in [0.1, 0.15) is 24.1 Å². The molecule has 1 amide bonds. The molecule has 5 rings (SSSR count). The Kier molecular flexibility index (Phi) is 6.36. The van der Waals surface area contributed by atoms with E-state index in [9.17, 15) is 4.79 Å². The number of carbonyl (C=O) groups excluding carboxylic acids is 1. The molecule has 0 radical (unpaired) electrons. The highest BCUT2D eigenvalue weighted by Gasteiger charge is 2.34. The van der Waals surface area contributed by atoms with Crippen LogP contribution in [0.25, 0.3) is 0 Å². The third-order valence-corrected chi connectivity index (χ3v) is 6.04. The average molecular weight is 483 g/mol. The number of aromatic nitrogens is 4. The van der Waals surface area contributed by atoms with Crippen molar-refractivity contribution in [1.29, 1.82) is 0 Å². The minimum Gasteiger partial charge on any atom is -0.495 e. The van der Waals surface area contributed by atoms with Crippen LogP contribution >= 0.6 is 0 Å². The standard InChI is InChI=1S/C27H26N6O3/c1-17-8-10-19(11-9-17)16-36-21-14-12-20(13-15-21)25-24(18(2)28-27-30-31-32-33(25)27)26(34)29-22-6-4-5-7-23(22)35-3/h4-15,25H,16H2,1-3H3,(H,29,34)(H,28,30,32). The fourth-order valence-corrected chi connectivity index (χ4v) is 4.15. The molecule has 0 saturated carbocycles. The number of hydrogen-bond acceptors (Lipinski definition) is 7. The van der Waals surface area contributed by atoms with Gasteiger partial charge in [0.15, 0.2) is 0 Å². The van der Waals surface area contributed by atoms with E-state index >= 15 is 0 Å². The zero-order valence-electron chi connectivity index (χ0n) is 20.2. The van der Waals surface area contributed by atoms with Crippen LogP contribution in [-0.4, -0.2) is 33.2 Å². The summed E-state index contributed by atoms with van der Waals surface area (Å²) in [7, 11) is 1.57. The predicted octanol–water partition coefficient (Wildman–Crippen LogP) is 4.50. The summed E-state index contributed by atoms with van der Waals surface area (Å²) in [6, 6.07) is 22.6. The Hall–Kier alpha value is -4.66. The summed E-state index contributed by atoms with van der Waals surface area (Å²) in [6.45, 7) is 4.36. The second kappa shape index (κ2) is 9.91. The van der Waals surface area contributed by atoms with Crippen LogP contribution in [0, 0.1) is 6.92 Å². The topological polar surface area (TPSA) is 103 Å². The van der Waals surface area contributed by atoms with E-state index in [0.717, 1.165) is 16.9 Å². The maximum absolute atomic E-state index is 13.5. The number of ether oxygens (including phenoxy) is 2. The van der Waals surface area contributed by atoms with Crippen molar-refractivity contribution in [2.24, 2.45) is 0 Å². The number of fused-ring (bicyclic) bond motifs is 1. The van der Waals surface area contributed by atoms with Crippen LogP contribution in [0.2, 0.25) is 0 Å². The van der Waals surface area contributed by atoms with Gasteiger partial charge in [-0.15, -0.1) is 0 Å². The number of rotatable bonds is 7. The third-order valence-electron chi connectivity index (χ3n) is 6.04. The SMILES string of the molecule is COc1ccccc1NC(=O)C1=C(C)Nc2nnnn2C1c1ccc(OCc2ccc(C)cc2)cc1. The van der Waals surface area contributed by atoms with Crippen LogP contribution in [-0.2, 0) is 11.4 Å². The normalized spacial score (nSPS) is 14.6. The minimum atomic E-state index is -0.530. The zero-order chi connectivity index (χ0) is 25.1. The van der Waals surface area contributed by atoms with Gasteiger partial charge in [-0.3, -0.25) is 4.79 Å². The van der Waals surface area contributed by atoms with Gasteiger partial charge < -0.3 is 20.1 Å². The Morgan fingerprint density at radius 3 is 2.53 bits per heavy atom. The number of tetrazole rings is 1. The van der Waals surface area contributed by atoms with Gasteiger partial charge in [-0.1, -0.05) is 59.2 Å². The molecule has 3 aromatic carbocycles. The third kappa shape index (κ3) is 4.63. The molecule has 36 heavy (non-hydrogen) atoms. The maximum Gasteiger partial charge on any atom is 0.255 e. The summed E-state index contributed by atoms with van der Waals surface area (Å²) in [5, 5.41) is 18.1. The highest BCUT2D eigenvalue weighted by atomic mass is 16.5. The van der Waals surface area contributed by atoms with E-state index in [1.807, 2.05) is 43.3 Å². The molecule has 0 aliphatic carbocycles. The highest BCUT2D eigenvalue weighted by molar-refractivity contribution is 6.06. The van der Waals surface area contributed by atoms with Crippen molar-refractivity contribution in [2.75, 3.05) is 17.7 Å². The van der Waals surface area contributed by atoms with Crippen molar-refractivity contribution in [3.05, 3.63) is 101 Å². The molecule has 9 nitrogen and oxygen atoms in total. The number of hydrogen-bond donors (Lipinski definition) is 2. The first kappa shape index (κ1) is 23.1. The number of para-hydroxylation sites is 2. The molecule has 0 bridgehead atoms. The van der Waals surface area contributed by atoms with Gasteiger partial charge in [-0.2, -0.15) is 4.68 Å². The van der Waals surface area contributed by atoms with Crippen LogP contribution in [0.4, 0.5) is 11.6 Å². The van der Waals surface area contributed by atoms with Gasteiger partial charge in [0.2, 0.25) is 5.95 Å². The highest BCUT2D eigenvalue weighted by Crippen LogP contribution is 2.36. The molecule has 1 aliphatic heterocycles. The Bertz CT molecular complexity index is 1410. The summed E-state index contributed by atoms with van der Waals surface area (Å²) in [6.07, 6.45) is 0. The number of aryl methyl sites for hydroxylation is 1. The minimum absolute atomic E-state index is 0.282. The number of nitrogens with one attached hydrogen (secondary N) is 2. The molecule has 1 unspecified atom stereocenters. The van der Waals surface area contributed by atoms with Gasteiger partial charge in [0, 0.05) is 5.70 Å². The average Bonchev–Trinajstić information content (AvgIpc) is 3.36. The van der Waals surface area contributed by atoms with Crippen molar-refractivity contribution < 1.29 is 14.3 Å². The summed E-state index contributed by atoms with van der Waals surface area (Å²) in [5.74, 6) is 1.48. The number of methoxy groups -OCH3 is 1. The Labute approximate surface area is 208 Å². The predicted molar refractivity (Wildman–Crippen MR) is 136 cm³/mol. The Balaban J connectivity index is 1.41. The lowest BCUT2D eigenvalue weighted by molar-refractivity contribution is -0.113. The van der Waals surface area contributed by atoms with E-state index in [4.69, 9.17) is 9.47 Å². The molecule has 2 heterocycles. The van der Waals surface area contributed by atoms with Crippen molar-refractivity contribution in [1.82, 2.24) is 20.2 Å². The first-order chi connectivity index (χ1) is 17.5.